The van der Waals surface area contributed by atoms with E-state index in [-0.39, 0.29) is 5.82 Å². The molecule has 0 amide bonds. The van der Waals surface area contributed by atoms with E-state index in [4.69, 9.17) is 10.3 Å². The van der Waals surface area contributed by atoms with Gasteiger partial charge >= 0.3 is 0 Å². The van der Waals surface area contributed by atoms with Gasteiger partial charge in [0.25, 0.3) is 0 Å². The van der Waals surface area contributed by atoms with Crippen LogP contribution in [0.15, 0.2) is 27.6 Å². The van der Waals surface area contributed by atoms with E-state index in [1.165, 1.54) is 30.0 Å². The van der Waals surface area contributed by atoms with E-state index in [2.05, 4.69) is 10.1 Å². The summed E-state index contributed by atoms with van der Waals surface area (Å²) in [5.74, 6) is 1.27. The van der Waals surface area contributed by atoms with E-state index in [9.17, 15) is 4.39 Å². The number of rotatable bonds is 3. The molecule has 1 heterocycles. The molecule has 1 aromatic heterocycles. The van der Waals surface area contributed by atoms with Crippen molar-refractivity contribution < 1.29 is 8.91 Å². The molecule has 0 radical (unpaired) electrons. The highest BCUT2D eigenvalue weighted by molar-refractivity contribution is 7.98. The van der Waals surface area contributed by atoms with Crippen molar-refractivity contribution in [3.63, 3.8) is 0 Å². The average Bonchev–Trinajstić information content (AvgIpc) is 2.66. The summed E-state index contributed by atoms with van der Waals surface area (Å²) >= 11 is 1.37. The van der Waals surface area contributed by atoms with Crippen molar-refractivity contribution in [2.75, 3.05) is 5.73 Å². The van der Waals surface area contributed by atoms with Gasteiger partial charge in [-0.25, -0.2) is 4.39 Å². The van der Waals surface area contributed by atoms with E-state index in [1.807, 2.05) is 0 Å². The minimum absolute atomic E-state index is 0.307. The second-order valence-corrected chi connectivity index (χ2v) is 4.22. The number of halogens is 1. The first-order valence-electron chi connectivity index (χ1n) is 4.62. The summed E-state index contributed by atoms with van der Waals surface area (Å²) in [4.78, 5) is 4.72. The zero-order valence-corrected chi connectivity index (χ0v) is 9.42. The van der Waals surface area contributed by atoms with Gasteiger partial charge in [0.05, 0.1) is 5.75 Å². The number of aromatic nitrogens is 2. The summed E-state index contributed by atoms with van der Waals surface area (Å²) < 4.78 is 17.9. The van der Waals surface area contributed by atoms with Crippen LogP contribution in [-0.4, -0.2) is 10.1 Å². The second kappa shape index (κ2) is 4.52. The van der Waals surface area contributed by atoms with Crippen LogP contribution in [-0.2, 0) is 5.75 Å². The van der Waals surface area contributed by atoms with Gasteiger partial charge in [0, 0.05) is 10.6 Å². The minimum atomic E-state index is -0.307. The Kier molecular flexibility index (Phi) is 3.09. The number of aryl methyl sites for hydroxylation is 1. The van der Waals surface area contributed by atoms with Crippen LogP contribution >= 0.6 is 11.8 Å². The zero-order valence-electron chi connectivity index (χ0n) is 8.61. The van der Waals surface area contributed by atoms with Crippen LogP contribution in [0, 0.1) is 12.7 Å². The minimum Gasteiger partial charge on any atom is -0.398 e. The SMILES string of the molecule is Cc1noc(CSc2cc(F)ccc2N)n1. The van der Waals surface area contributed by atoms with Crippen molar-refractivity contribution in [2.45, 2.75) is 17.6 Å². The first-order valence-corrected chi connectivity index (χ1v) is 5.61. The summed E-state index contributed by atoms with van der Waals surface area (Å²) in [6.07, 6.45) is 0. The quantitative estimate of drug-likeness (QED) is 0.658. The van der Waals surface area contributed by atoms with Crippen molar-refractivity contribution in [1.82, 2.24) is 10.1 Å². The topological polar surface area (TPSA) is 64.9 Å². The number of nitrogens with two attached hydrogens (primary N) is 1. The van der Waals surface area contributed by atoms with Crippen LogP contribution in [0.3, 0.4) is 0 Å². The maximum Gasteiger partial charge on any atom is 0.236 e. The van der Waals surface area contributed by atoms with Gasteiger partial charge in [0.2, 0.25) is 5.89 Å². The van der Waals surface area contributed by atoms with E-state index >= 15 is 0 Å². The Morgan fingerprint density at radius 1 is 1.50 bits per heavy atom. The van der Waals surface area contributed by atoms with Crippen molar-refractivity contribution >= 4 is 17.4 Å². The van der Waals surface area contributed by atoms with Crippen molar-refractivity contribution in [3.05, 3.63) is 35.7 Å². The first kappa shape index (κ1) is 10.9. The monoisotopic (exact) mass is 239 g/mol. The summed E-state index contributed by atoms with van der Waals surface area (Å²) in [7, 11) is 0. The molecule has 0 saturated heterocycles. The highest BCUT2D eigenvalue weighted by atomic mass is 32.2. The Morgan fingerprint density at radius 2 is 2.31 bits per heavy atom. The molecule has 2 rings (SSSR count). The van der Waals surface area contributed by atoms with Gasteiger partial charge in [-0.15, -0.1) is 11.8 Å². The van der Waals surface area contributed by atoms with E-state index < -0.39 is 0 Å². The number of benzene rings is 1. The molecule has 0 unspecified atom stereocenters. The first-order chi connectivity index (χ1) is 7.65. The normalized spacial score (nSPS) is 10.6. The third-order valence-electron chi connectivity index (χ3n) is 1.90. The molecule has 0 saturated carbocycles. The van der Waals surface area contributed by atoms with Crippen LogP contribution in [0.5, 0.6) is 0 Å². The number of nitrogen functional groups attached to an aromatic ring is 1. The molecular weight excluding hydrogens is 229 g/mol. The summed E-state index contributed by atoms with van der Waals surface area (Å²) in [5, 5.41) is 3.66. The van der Waals surface area contributed by atoms with Crippen molar-refractivity contribution in [2.24, 2.45) is 0 Å². The lowest BCUT2D eigenvalue weighted by Gasteiger charge is -2.02. The molecule has 0 aliphatic heterocycles. The van der Waals surface area contributed by atoms with Crippen LogP contribution in [0.4, 0.5) is 10.1 Å². The largest absolute Gasteiger partial charge is 0.398 e. The average molecular weight is 239 g/mol. The molecule has 0 fully saturated rings. The fraction of sp³-hybridized carbons (Fsp3) is 0.200. The molecule has 16 heavy (non-hydrogen) atoms. The number of nitrogens with zero attached hydrogens (tertiary/aromatic N) is 2. The molecule has 4 nitrogen and oxygen atoms in total. The Hall–Kier alpha value is -1.56. The van der Waals surface area contributed by atoms with Gasteiger partial charge in [-0.1, -0.05) is 5.16 Å². The molecule has 0 aliphatic carbocycles. The van der Waals surface area contributed by atoms with Crippen LogP contribution < -0.4 is 5.73 Å². The fourth-order valence-corrected chi connectivity index (χ4v) is 2.00. The number of hydrogen-bond donors (Lipinski definition) is 1. The smallest absolute Gasteiger partial charge is 0.236 e. The van der Waals surface area contributed by atoms with Gasteiger partial charge in [-0.05, 0) is 25.1 Å². The van der Waals surface area contributed by atoms with E-state index in [0.717, 1.165) is 0 Å². The molecule has 84 valence electrons. The van der Waals surface area contributed by atoms with Crippen molar-refractivity contribution in [3.8, 4) is 0 Å². The Balaban J connectivity index is 2.07. The Morgan fingerprint density at radius 3 is 3.00 bits per heavy atom. The second-order valence-electron chi connectivity index (χ2n) is 3.21. The predicted octanol–water partition coefficient (Wildman–Crippen LogP) is 2.39. The van der Waals surface area contributed by atoms with E-state index in [1.54, 1.807) is 6.92 Å². The van der Waals surface area contributed by atoms with Gasteiger partial charge in [-0.2, -0.15) is 4.98 Å². The lowest BCUT2D eigenvalue weighted by Crippen LogP contribution is -1.90. The molecule has 0 spiro atoms. The Bertz CT molecular complexity index is 501. The highest BCUT2D eigenvalue weighted by Gasteiger charge is 2.06. The molecule has 0 aliphatic rings. The maximum absolute atomic E-state index is 13.0. The van der Waals surface area contributed by atoms with Gasteiger partial charge in [-0.3, -0.25) is 0 Å². The molecule has 1 aromatic carbocycles. The molecule has 0 atom stereocenters. The third kappa shape index (κ3) is 2.52. The number of thioether (sulfide) groups is 1. The van der Waals surface area contributed by atoms with Crippen LogP contribution in [0.1, 0.15) is 11.7 Å². The predicted molar refractivity (Wildman–Crippen MR) is 59.4 cm³/mol. The molecule has 6 heteroatoms. The lowest BCUT2D eigenvalue weighted by molar-refractivity contribution is 0.387. The maximum atomic E-state index is 13.0. The van der Waals surface area contributed by atoms with Crippen LogP contribution in [0.25, 0.3) is 0 Å². The van der Waals surface area contributed by atoms with Crippen molar-refractivity contribution in [1.29, 1.82) is 0 Å². The number of anilines is 1. The molecular formula is C10H10FN3OS. The highest BCUT2D eigenvalue weighted by Crippen LogP contribution is 2.28. The van der Waals surface area contributed by atoms with Gasteiger partial charge < -0.3 is 10.3 Å². The lowest BCUT2D eigenvalue weighted by atomic mass is 10.3. The molecule has 2 N–H and O–H groups in total. The third-order valence-corrected chi connectivity index (χ3v) is 2.95. The molecule has 0 bridgehead atoms. The summed E-state index contributed by atoms with van der Waals surface area (Å²) in [6.45, 7) is 1.74. The zero-order chi connectivity index (χ0) is 11.5. The summed E-state index contributed by atoms with van der Waals surface area (Å²) in [5.41, 5.74) is 6.25. The fourth-order valence-electron chi connectivity index (χ4n) is 1.17. The van der Waals surface area contributed by atoms with Crippen LogP contribution in [0.2, 0.25) is 0 Å². The van der Waals surface area contributed by atoms with Gasteiger partial charge in [0.1, 0.15) is 5.82 Å². The van der Waals surface area contributed by atoms with Gasteiger partial charge in [0.15, 0.2) is 5.82 Å². The Labute approximate surface area is 96.0 Å². The standard InChI is InChI=1S/C10H10FN3OS/c1-6-13-10(15-14-6)5-16-9-4-7(11)2-3-8(9)12/h2-4H,5,12H2,1H3. The molecule has 2 aromatic rings. The summed E-state index contributed by atoms with van der Waals surface area (Å²) in [6, 6.07) is 4.26. The number of hydrogen-bond acceptors (Lipinski definition) is 5. The van der Waals surface area contributed by atoms with E-state index in [0.29, 0.717) is 28.1 Å².